The van der Waals surface area contributed by atoms with Crippen molar-refractivity contribution < 1.29 is 4.79 Å². The second kappa shape index (κ2) is 5.29. The molecule has 0 aromatic heterocycles. The van der Waals surface area contributed by atoms with Crippen molar-refractivity contribution in [3.05, 3.63) is 0 Å². The summed E-state index contributed by atoms with van der Waals surface area (Å²) in [5.41, 5.74) is 0. The maximum absolute atomic E-state index is 11.4. The largest absolute Gasteiger partial charge is 0.332 e. The molecule has 1 aliphatic heterocycles. The Labute approximate surface area is 87.8 Å². The zero-order chi connectivity index (χ0) is 9.68. The van der Waals surface area contributed by atoms with Crippen molar-refractivity contribution in [3.63, 3.8) is 0 Å². The number of likely N-dealkylation sites (tertiary alicyclic amines) is 1. The van der Waals surface area contributed by atoms with Crippen LogP contribution in [-0.4, -0.2) is 23.9 Å². The summed E-state index contributed by atoms with van der Waals surface area (Å²) in [5.74, 6) is 3.21. The van der Waals surface area contributed by atoms with E-state index in [1.54, 1.807) is 0 Å². The predicted molar refractivity (Wildman–Crippen MR) is 56.3 cm³/mol. The van der Waals surface area contributed by atoms with Crippen molar-refractivity contribution in [1.29, 1.82) is 0 Å². The van der Waals surface area contributed by atoms with Gasteiger partial charge in [0.25, 0.3) is 5.91 Å². The molecular formula is C10H14BrNO. The van der Waals surface area contributed by atoms with E-state index in [1.807, 2.05) is 4.90 Å². The lowest BCUT2D eigenvalue weighted by Crippen LogP contribution is -2.30. The van der Waals surface area contributed by atoms with Crippen LogP contribution < -0.4 is 0 Å². The molecule has 0 bridgehead atoms. The van der Waals surface area contributed by atoms with E-state index < -0.39 is 0 Å². The first kappa shape index (κ1) is 10.6. The smallest absolute Gasteiger partial charge is 0.299 e. The number of hydrogen-bond acceptors (Lipinski definition) is 1. The van der Waals surface area contributed by atoms with E-state index in [-0.39, 0.29) is 5.91 Å². The van der Waals surface area contributed by atoms with Crippen molar-refractivity contribution in [2.45, 2.75) is 26.2 Å². The molecule has 1 heterocycles. The molecular weight excluding hydrogens is 230 g/mol. The molecule has 2 nitrogen and oxygen atoms in total. The molecule has 1 rings (SSSR count). The molecule has 1 saturated heterocycles. The summed E-state index contributed by atoms with van der Waals surface area (Å²) in [6.45, 7) is 3.97. The molecule has 1 atom stereocenters. The monoisotopic (exact) mass is 243 g/mol. The van der Waals surface area contributed by atoms with E-state index >= 15 is 0 Å². The lowest BCUT2D eigenvalue weighted by Gasteiger charge is -2.16. The van der Waals surface area contributed by atoms with Gasteiger partial charge in [0.15, 0.2) is 0 Å². The van der Waals surface area contributed by atoms with Crippen LogP contribution in [0.2, 0.25) is 0 Å². The van der Waals surface area contributed by atoms with E-state index in [2.05, 4.69) is 33.6 Å². The lowest BCUT2D eigenvalue weighted by molar-refractivity contribution is -0.125. The molecule has 0 aliphatic carbocycles. The highest BCUT2D eigenvalue weighted by atomic mass is 79.9. The van der Waals surface area contributed by atoms with Gasteiger partial charge in [-0.15, -0.1) is 0 Å². The summed E-state index contributed by atoms with van der Waals surface area (Å²) in [7, 11) is 0. The van der Waals surface area contributed by atoms with Crippen molar-refractivity contribution >= 4 is 21.8 Å². The van der Waals surface area contributed by atoms with Gasteiger partial charge >= 0.3 is 0 Å². The van der Waals surface area contributed by atoms with Gasteiger partial charge in [-0.2, -0.15) is 0 Å². The Balaban J connectivity index is 2.49. The normalized spacial score (nSPS) is 22.9. The molecule has 1 amide bonds. The number of nitrogens with zero attached hydrogens (tertiary/aromatic N) is 1. The minimum Gasteiger partial charge on any atom is -0.332 e. The van der Waals surface area contributed by atoms with Crippen LogP contribution in [0.4, 0.5) is 0 Å². The Morgan fingerprint density at radius 1 is 1.46 bits per heavy atom. The fourth-order valence-electron chi connectivity index (χ4n) is 1.59. The second-order valence-corrected chi connectivity index (χ2v) is 3.94. The van der Waals surface area contributed by atoms with Crippen LogP contribution in [0.5, 0.6) is 0 Å². The summed E-state index contributed by atoms with van der Waals surface area (Å²) in [6, 6.07) is 0. The highest BCUT2D eigenvalue weighted by Gasteiger charge is 2.16. The fourth-order valence-corrected chi connectivity index (χ4v) is 1.76. The summed E-state index contributed by atoms with van der Waals surface area (Å²) >= 11 is 2.94. The van der Waals surface area contributed by atoms with Crippen molar-refractivity contribution in [3.8, 4) is 10.8 Å². The third kappa shape index (κ3) is 3.40. The molecule has 0 saturated carbocycles. The summed E-state index contributed by atoms with van der Waals surface area (Å²) < 4.78 is 0. The van der Waals surface area contributed by atoms with Crippen LogP contribution in [0.25, 0.3) is 0 Å². The molecule has 0 spiro atoms. The third-order valence-electron chi connectivity index (χ3n) is 2.46. The van der Waals surface area contributed by atoms with Crippen molar-refractivity contribution in [2.75, 3.05) is 13.1 Å². The summed E-state index contributed by atoms with van der Waals surface area (Å²) in [5, 5.41) is 0. The molecule has 1 fully saturated rings. The highest BCUT2D eigenvalue weighted by molar-refractivity contribution is 9.12. The Bertz CT molecular complexity index is 241. The average molecular weight is 244 g/mol. The minimum atomic E-state index is -0.0500. The topological polar surface area (TPSA) is 20.3 Å². The molecule has 0 aromatic carbocycles. The van der Waals surface area contributed by atoms with Crippen LogP contribution in [0.1, 0.15) is 26.2 Å². The quantitative estimate of drug-likeness (QED) is 0.597. The van der Waals surface area contributed by atoms with Crippen LogP contribution in [0.3, 0.4) is 0 Å². The SMILES string of the molecule is CC1CCCN(C(=O)C#CBr)CC1. The van der Waals surface area contributed by atoms with Gasteiger partial charge in [0.05, 0.1) is 0 Å². The van der Waals surface area contributed by atoms with Gasteiger partial charge in [0.1, 0.15) is 0 Å². The van der Waals surface area contributed by atoms with Gasteiger partial charge < -0.3 is 4.90 Å². The summed E-state index contributed by atoms with van der Waals surface area (Å²) in [4.78, 5) is 15.7. The molecule has 0 aromatic rings. The molecule has 72 valence electrons. The number of carbonyl (C=O) groups excluding carboxylic acids is 1. The fraction of sp³-hybridized carbons (Fsp3) is 0.700. The van der Waals surface area contributed by atoms with Crippen LogP contribution in [-0.2, 0) is 4.79 Å². The maximum Gasteiger partial charge on any atom is 0.299 e. The highest BCUT2D eigenvalue weighted by Crippen LogP contribution is 2.16. The average Bonchev–Trinajstić information content (AvgIpc) is 2.30. The van der Waals surface area contributed by atoms with Crippen LogP contribution >= 0.6 is 15.9 Å². The third-order valence-corrected chi connectivity index (χ3v) is 2.66. The number of hydrogen-bond donors (Lipinski definition) is 0. The zero-order valence-electron chi connectivity index (χ0n) is 7.85. The number of rotatable bonds is 0. The van der Waals surface area contributed by atoms with Crippen molar-refractivity contribution in [1.82, 2.24) is 4.90 Å². The first-order valence-electron chi connectivity index (χ1n) is 4.64. The molecule has 1 unspecified atom stereocenters. The van der Waals surface area contributed by atoms with Gasteiger partial charge in [-0.3, -0.25) is 4.79 Å². The van der Waals surface area contributed by atoms with Crippen LogP contribution in [0, 0.1) is 16.7 Å². The van der Waals surface area contributed by atoms with Gasteiger partial charge in [0, 0.05) is 34.9 Å². The van der Waals surface area contributed by atoms with E-state index in [9.17, 15) is 4.79 Å². The van der Waals surface area contributed by atoms with E-state index in [4.69, 9.17) is 0 Å². The maximum atomic E-state index is 11.4. The molecule has 13 heavy (non-hydrogen) atoms. The lowest BCUT2D eigenvalue weighted by atomic mass is 10.0. The van der Waals surface area contributed by atoms with E-state index in [1.165, 1.54) is 6.42 Å². The first-order valence-corrected chi connectivity index (χ1v) is 5.44. The number of halogens is 1. The Morgan fingerprint density at radius 2 is 2.23 bits per heavy atom. The minimum absolute atomic E-state index is 0.0500. The second-order valence-electron chi connectivity index (χ2n) is 3.55. The number of amides is 1. The molecule has 3 heteroatoms. The van der Waals surface area contributed by atoms with Gasteiger partial charge in [-0.25, -0.2) is 0 Å². The van der Waals surface area contributed by atoms with Gasteiger partial charge in [0.2, 0.25) is 0 Å². The summed E-state index contributed by atoms with van der Waals surface area (Å²) in [6.07, 6.45) is 3.44. The zero-order valence-corrected chi connectivity index (χ0v) is 9.43. The number of carbonyl (C=O) groups is 1. The standard InChI is InChI=1S/C10H14BrNO/c1-9-3-2-7-12(8-5-9)10(13)4-6-11/h9H,2-3,5,7-8H2,1H3. The molecule has 1 aliphatic rings. The Morgan fingerprint density at radius 3 is 2.92 bits per heavy atom. The molecule has 0 N–H and O–H groups in total. The predicted octanol–water partition coefficient (Wildman–Crippen LogP) is 1.99. The van der Waals surface area contributed by atoms with Gasteiger partial charge in [-0.05, 0) is 30.0 Å². The Kier molecular flexibility index (Phi) is 4.31. The van der Waals surface area contributed by atoms with Crippen molar-refractivity contribution in [2.24, 2.45) is 5.92 Å². The first-order chi connectivity index (χ1) is 6.24. The van der Waals surface area contributed by atoms with Crippen LogP contribution in [0.15, 0.2) is 0 Å². The van der Waals surface area contributed by atoms with E-state index in [0.717, 1.165) is 31.8 Å². The Hall–Kier alpha value is -0.490. The van der Waals surface area contributed by atoms with Gasteiger partial charge in [-0.1, -0.05) is 6.92 Å². The van der Waals surface area contributed by atoms with E-state index in [0.29, 0.717) is 0 Å². The molecule has 0 radical (unpaired) electrons.